The number of fused-ring (bicyclic) bond motifs is 1. The van der Waals surface area contributed by atoms with Crippen molar-refractivity contribution >= 4 is 17.7 Å². The van der Waals surface area contributed by atoms with Crippen molar-refractivity contribution in [2.75, 3.05) is 32.7 Å². The molecule has 0 spiro atoms. The number of carbonyl (C=O) groups excluding carboxylic acids is 2. The lowest BCUT2D eigenvalue weighted by Gasteiger charge is -2.30. The fraction of sp³-hybridized carbons (Fsp3) is 0.529. The molecule has 1 aliphatic rings. The summed E-state index contributed by atoms with van der Waals surface area (Å²) in [5, 5.41) is 0. The number of likely N-dealkylation sites (N-methyl/N-ethyl adjacent to an activating group) is 2. The van der Waals surface area contributed by atoms with Crippen molar-refractivity contribution in [3.63, 3.8) is 0 Å². The van der Waals surface area contributed by atoms with Gasteiger partial charge in [0, 0.05) is 20.2 Å². The average Bonchev–Trinajstić information content (AvgIpc) is 2.63. The highest BCUT2D eigenvalue weighted by molar-refractivity contribution is 6.00. The van der Waals surface area contributed by atoms with Crippen LogP contribution >= 0.6 is 0 Å². The van der Waals surface area contributed by atoms with Gasteiger partial charge in [-0.05, 0) is 32.9 Å². The lowest BCUT2D eigenvalue weighted by Crippen LogP contribution is -2.51. The Kier molecular flexibility index (Phi) is 4.91. The van der Waals surface area contributed by atoms with E-state index in [1.165, 1.54) is 16.8 Å². The quantitative estimate of drug-likeness (QED) is 0.829. The second-order valence-electron chi connectivity index (χ2n) is 6.65. The van der Waals surface area contributed by atoms with Crippen molar-refractivity contribution in [2.24, 2.45) is 0 Å². The average molecular weight is 336 g/mol. The zero-order chi connectivity index (χ0) is 18.1. The molecule has 0 unspecified atom stereocenters. The Morgan fingerprint density at radius 3 is 2.62 bits per heavy atom. The van der Waals surface area contributed by atoms with Crippen LogP contribution in [0.3, 0.4) is 0 Å². The van der Waals surface area contributed by atoms with Crippen LogP contribution in [0.1, 0.15) is 20.8 Å². The van der Waals surface area contributed by atoms with Gasteiger partial charge in [-0.25, -0.2) is 4.79 Å². The van der Waals surface area contributed by atoms with Crippen LogP contribution in [0.4, 0.5) is 10.5 Å². The van der Waals surface area contributed by atoms with Crippen LogP contribution in [0, 0.1) is 0 Å². The first-order valence-corrected chi connectivity index (χ1v) is 7.68. The minimum Gasteiger partial charge on any atom is -0.497 e. The summed E-state index contributed by atoms with van der Waals surface area (Å²) >= 11 is 0. The molecule has 0 fully saturated rings. The number of carbonyl (C=O) groups is 2. The Morgan fingerprint density at radius 1 is 1.38 bits per heavy atom. The Labute approximate surface area is 142 Å². The maximum atomic E-state index is 12.8. The third-order valence-electron chi connectivity index (χ3n) is 3.69. The van der Waals surface area contributed by atoms with E-state index in [0.29, 0.717) is 17.2 Å². The molecule has 0 bridgehead atoms. The number of nitrogens with zero attached hydrogens (tertiary/aromatic N) is 2. The maximum absolute atomic E-state index is 12.8. The summed E-state index contributed by atoms with van der Waals surface area (Å²) in [6.07, 6.45) is -0.568. The molecule has 2 amide bonds. The number of ether oxygens (including phenoxy) is 3. The summed E-state index contributed by atoms with van der Waals surface area (Å²) in [6, 6.07) is 4.45. The third kappa shape index (κ3) is 3.72. The van der Waals surface area contributed by atoms with Crippen molar-refractivity contribution in [3.8, 4) is 11.5 Å². The molecule has 24 heavy (non-hydrogen) atoms. The van der Waals surface area contributed by atoms with Crippen molar-refractivity contribution in [1.29, 1.82) is 0 Å². The van der Waals surface area contributed by atoms with Gasteiger partial charge in [-0.2, -0.15) is 0 Å². The highest BCUT2D eigenvalue weighted by Crippen LogP contribution is 2.34. The lowest BCUT2D eigenvalue weighted by molar-refractivity contribution is -0.123. The fourth-order valence-electron chi connectivity index (χ4n) is 2.33. The highest BCUT2D eigenvalue weighted by atomic mass is 16.6. The second kappa shape index (κ2) is 6.59. The normalized spacial score (nSPS) is 17.5. The predicted molar refractivity (Wildman–Crippen MR) is 89.7 cm³/mol. The molecule has 1 aliphatic heterocycles. The SMILES string of the molecule is COc1ccc2c(c1)N(C)C(=O)[C@H](N(C)C(=O)OC(C)(C)C)CO2. The monoisotopic (exact) mass is 336 g/mol. The third-order valence-corrected chi connectivity index (χ3v) is 3.69. The zero-order valence-electron chi connectivity index (χ0n) is 15.0. The minimum absolute atomic E-state index is 0.0538. The van der Waals surface area contributed by atoms with Gasteiger partial charge >= 0.3 is 6.09 Å². The lowest BCUT2D eigenvalue weighted by atomic mass is 10.2. The first-order chi connectivity index (χ1) is 11.1. The van der Waals surface area contributed by atoms with E-state index in [9.17, 15) is 9.59 Å². The Balaban J connectivity index is 2.24. The molecule has 0 saturated carbocycles. The van der Waals surface area contributed by atoms with E-state index in [-0.39, 0.29) is 12.5 Å². The molecule has 0 N–H and O–H groups in total. The summed E-state index contributed by atoms with van der Waals surface area (Å²) < 4.78 is 16.3. The van der Waals surface area contributed by atoms with Gasteiger partial charge in [0.15, 0.2) is 0 Å². The predicted octanol–water partition coefficient (Wildman–Crippen LogP) is 2.29. The van der Waals surface area contributed by atoms with Crippen LogP contribution in [-0.4, -0.2) is 56.4 Å². The fourth-order valence-corrected chi connectivity index (χ4v) is 2.33. The van der Waals surface area contributed by atoms with Crippen LogP contribution in [-0.2, 0) is 9.53 Å². The first-order valence-electron chi connectivity index (χ1n) is 7.68. The summed E-state index contributed by atoms with van der Waals surface area (Å²) in [5.41, 5.74) is -0.0400. The van der Waals surface area contributed by atoms with Gasteiger partial charge in [0.05, 0.1) is 12.8 Å². The molecule has 0 saturated heterocycles. The van der Waals surface area contributed by atoms with Gasteiger partial charge in [0.25, 0.3) is 5.91 Å². The number of hydrogen-bond donors (Lipinski definition) is 0. The summed E-state index contributed by atoms with van der Waals surface area (Å²) in [7, 11) is 4.73. The molecule has 0 aromatic heterocycles. The van der Waals surface area contributed by atoms with Crippen molar-refractivity contribution in [1.82, 2.24) is 4.90 Å². The Bertz CT molecular complexity index is 638. The van der Waals surface area contributed by atoms with Crippen LogP contribution in [0.25, 0.3) is 0 Å². The van der Waals surface area contributed by atoms with E-state index >= 15 is 0 Å². The van der Waals surface area contributed by atoms with Gasteiger partial charge in [-0.1, -0.05) is 0 Å². The number of methoxy groups -OCH3 is 1. The van der Waals surface area contributed by atoms with E-state index < -0.39 is 17.7 Å². The Hall–Kier alpha value is -2.44. The molecule has 1 heterocycles. The van der Waals surface area contributed by atoms with Crippen molar-refractivity contribution < 1.29 is 23.8 Å². The number of anilines is 1. The molecule has 0 aliphatic carbocycles. The van der Waals surface area contributed by atoms with Gasteiger partial charge < -0.3 is 19.1 Å². The molecule has 1 aromatic rings. The maximum Gasteiger partial charge on any atom is 0.410 e. The van der Waals surface area contributed by atoms with E-state index in [0.717, 1.165) is 0 Å². The number of rotatable bonds is 2. The molecule has 1 aromatic carbocycles. The number of amides is 2. The van der Waals surface area contributed by atoms with Gasteiger partial charge in [0.1, 0.15) is 29.7 Å². The van der Waals surface area contributed by atoms with Crippen LogP contribution in [0.5, 0.6) is 11.5 Å². The van der Waals surface area contributed by atoms with Gasteiger partial charge in [0.2, 0.25) is 0 Å². The van der Waals surface area contributed by atoms with Crippen LogP contribution < -0.4 is 14.4 Å². The zero-order valence-corrected chi connectivity index (χ0v) is 15.0. The molecular weight excluding hydrogens is 312 g/mol. The largest absolute Gasteiger partial charge is 0.497 e. The molecule has 7 heteroatoms. The van der Waals surface area contributed by atoms with Crippen molar-refractivity contribution in [2.45, 2.75) is 32.4 Å². The molecule has 1 atom stereocenters. The van der Waals surface area contributed by atoms with E-state index in [1.54, 1.807) is 53.1 Å². The summed E-state index contributed by atoms with van der Waals surface area (Å²) in [5.74, 6) is 0.929. The Morgan fingerprint density at radius 2 is 2.04 bits per heavy atom. The molecule has 0 radical (unpaired) electrons. The number of hydrogen-bond acceptors (Lipinski definition) is 5. The molecule has 7 nitrogen and oxygen atoms in total. The van der Waals surface area contributed by atoms with E-state index in [1.807, 2.05) is 0 Å². The topological polar surface area (TPSA) is 68.3 Å². The summed E-state index contributed by atoms with van der Waals surface area (Å²) in [6.45, 7) is 5.38. The van der Waals surface area contributed by atoms with Crippen LogP contribution in [0.15, 0.2) is 18.2 Å². The van der Waals surface area contributed by atoms with Crippen LogP contribution in [0.2, 0.25) is 0 Å². The van der Waals surface area contributed by atoms with Crippen molar-refractivity contribution in [3.05, 3.63) is 18.2 Å². The molecule has 2 rings (SSSR count). The number of benzene rings is 1. The smallest absolute Gasteiger partial charge is 0.410 e. The molecular formula is C17H24N2O5. The van der Waals surface area contributed by atoms with Gasteiger partial charge in [-0.3, -0.25) is 9.69 Å². The standard InChI is InChI=1S/C17H24N2O5/c1-17(2,3)24-16(21)19(5)13-10-23-14-8-7-11(22-6)9-12(14)18(4)15(13)20/h7-9,13H,10H2,1-6H3/t13-/m1/s1. The van der Waals surface area contributed by atoms with E-state index in [4.69, 9.17) is 14.2 Å². The summed E-state index contributed by atoms with van der Waals surface area (Å²) in [4.78, 5) is 27.8. The van der Waals surface area contributed by atoms with Gasteiger partial charge in [-0.15, -0.1) is 0 Å². The first kappa shape index (κ1) is 17.9. The second-order valence-corrected chi connectivity index (χ2v) is 6.65. The van der Waals surface area contributed by atoms with E-state index in [2.05, 4.69) is 0 Å². The minimum atomic E-state index is -0.775. The molecule has 132 valence electrons. The highest BCUT2D eigenvalue weighted by Gasteiger charge is 2.36.